The summed E-state index contributed by atoms with van der Waals surface area (Å²) >= 11 is 0. The maximum Gasteiger partial charge on any atom is 0.240 e. The van der Waals surface area contributed by atoms with Crippen LogP contribution in [0.5, 0.6) is 0 Å². The van der Waals surface area contributed by atoms with Crippen molar-refractivity contribution in [3.8, 4) is 0 Å². The highest BCUT2D eigenvalue weighted by atomic mass is 16.2. The Labute approximate surface area is 215 Å². The van der Waals surface area contributed by atoms with E-state index >= 15 is 0 Å². The van der Waals surface area contributed by atoms with Gasteiger partial charge in [-0.05, 0) is 30.7 Å². The van der Waals surface area contributed by atoms with Crippen molar-refractivity contribution in [1.82, 2.24) is 20.8 Å². The van der Waals surface area contributed by atoms with Gasteiger partial charge < -0.3 is 0 Å². The van der Waals surface area contributed by atoms with Crippen LogP contribution in [-0.2, 0) is 9.59 Å². The summed E-state index contributed by atoms with van der Waals surface area (Å²) in [7, 11) is 0. The molecule has 37 heavy (non-hydrogen) atoms. The molecule has 4 rings (SSSR count). The third-order valence-corrected chi connectivity index (χ3v) is 5.39. The SMILES string of the molecule is O=C(CCCC(=O)NN=C(c1ccccc1)c1ccncc1)NN=C(c1ccccc1)c1ccncc1. The molecule has 0 bridgehead atoms. The lowest BCUT2D eigenvalue weighted by Crippen LogP contribution is -2.23. The van der Waals surface area contributed by atoms with E-state index < -0.39 is 0 Å². The number of nitrogens with one attached hydrogen (secondary N) is 2. The number of benzene rings is 2. The summed E-state index contributed by atoms with van der Waals surface area (Å²) in [6.45, 7) is 0. The monoisotopic (exact) mass is 490 g/mol. The van der Waals surface area contributed by atoms with Crippen LogP contribution >= 0.6 is 0 Å². The maximum absolute atomic E-state index is 12.4. The molecule has 184 valence electrons. The van der Waals surface area contributed by atoms with Gasteiger partial charge in [0.2, 0.25) is 11.8 Å². The molecule has 2 aromatic carbocycles. The standard InChI is InChI=1S/C29H26N6O2/c36-26(32-34-28(22-8-3-1-4-9-22)24-14-18-30-19-15-24)12-7-13-27(37)33-35-29(23-10-5-2-6-11-23)25-16-20-31-21-17-25/h1-6,8-11,14-21H,7,12-13H2,(H,32,36)(H,33,37). The fourth-order valence-electron chi connectivity index (χ4n) is 3.56. The van der Waals surface area contributed by atoms with Gasteiger partial charge in [-0.3, -0.25) is 19.6 Å². The quantitative estimate of drug-likeness (QED) is 0.258. The van der Waals surface area contributed by atoms with E-state index in [1.165, 1.54) is 0 Å². The minimum Gasteiger partial charge on any atom is -0.273 e. The van der Waals surface area contributed by atoms with Crippen molar-refractivity contribution in [3.63, 3.8) is 0 Å². The summed E-state index contributed by atoms with van der Waals surface area (Å²) in [5, 5.41) is 8.70. The third kappa shape index (κ3) is 7.50. The van der Waals surface area contributed by atoms with Gasteiger partial charge in [0, 0.05) is 59.9 Å². The number of hydrazone groups is 2. The maximum atomic E-state index is 12.4. The fourth-order valence-corrected chi connectivity index (χ4v) is 3.56. The molecule has 0 aliphatic rings. The van der Waals surface area contributed by atoms with Gasteiger partial charge in [0.05, 0.1) is 11.4 Å². The summed E-state index contributed by atoms with van der Waals surface area (Å²) < 4.78 is 0. The molecule has 0 spiro atoms. The molecule has 0 fully saturated rings. The molecule has 2 N–H and O–H groups in total. The van der Waals surface area contributed by atoms with Crippen molar-refractivity contribution in [1.29, 1.82) is 0 Å². The minimum atomic E-state index is -0.277. The number of aromatic nitrogens is 2. The third-order valence-electron chi connectivity index (χ3n) is 5.39. The molecule has 0 saturated carbocycles. The molecule has 2 amide bonds. The normalized spacial score (nSPS) is 11.6. The molecule has 8 heteroatoms. The number of carbonyl (C=O) groups is 2. The van der Waals surface area contributed by atoms with Crippen molar-refractivity contribution in [2.75, 3.05) is 0 Å². The highest BCUT2D eigenvalue weighted by Gasteiger charge is 2.10. The van der Waals surface area contributed by atoms with Crippen LogP contribution < -0.4 is 10.9 Å². The van der Waals surface area contributed by atoms with Crippen LogP contribution in [0.2, 0.25) is 0 Å². The van der Waals surface area contributed by atoms with Crippen LogP contribution in [0.1, 0.15) is 41.5 Å². The Balaban J connectivity index is 1.33. The van der Waals surface area contributed by atoms with Gasteiger partial charge in [-0.2, -0.15) is 10.2 Å². The Kier molecular flexibility index (Phi) is 8.96. The Morgan fingerprint density at radius 1 is 0.541 bits per heavy atom. The second-order valence-electron chi connectivity index (χ2n) is 8.05. The van der Waals surface area contributed by atoms with Crippen LogP contribution in [-0.4, -0.2) is 33.2 Å². The lowest BCUT2D eigenvalue weighted by Gasteiger charge is -2.08. The molecule has 8 nitrogen and oxygen atoms in total. The highest BCUT2D eigenvalue weighted by Crippen LogP contribution is 2.11. The van der Waals surface area contributed by atoms with E-state index in [-0.39, 0.29) is 24.7 Å². The van der Waals surface area contributed by atoms with Gasteiger partial charge in [-0.25, -0.2) is 10.9 Å². The second kappa shape index (κ2) is 13.2. The van der Waals surface area contributed by atoms with E-state index in [1.807, 2.05) is 84.9 Å². The van der Waals surface area contributed by atoms with E-state index in [0.29, 0.717) is 17.8 Å². The first kappa shape index (κ1) is 25.1. The zero-order chi connectivity index (χ0) is 25.7. The van der Waals surface area contributed by atoms with Crippen molar-refractivity contribution in [2.45, 2.75) is 19.3 Å². The smallest absolute Gasteiger partial charge is 0.240 e. The van der Waals surface area contributed by atoms with E-state index in [1.54, 1.807) is 24.8 Å². The van der Waals surface area contributed by atoms with Crippen LogP contribution in [0.3, 0.4) is 0 Å². The summed E-state index contributed by atoms with van der Waals surface area (Å²) in [5.41, 5.74) is 9.90. The predicted molar refractivity (Wildman–Crippen MR) is 143 cm³/mol. The van der Waals surface area contributed by atoms with E-state index in [0.717, 1.165) is 22.3 Å². The van der Waals surface area contributed by atoms with Gasteiger partial charge in [0.25, 0.3) is 0 Å². The molecular weight excluding hydrogens is 464 g/mol. The molecule has 2 aromatic heterocycles. The summed E-state index contributed by atoms with van der Waals surface area (Å²) in [6, 6.07) is 26.5. The molecule has 2 heterocycles. The van der Waals surface area contributed by atoms with Gasteiger partial charge >= 0.3 is 0 Å². The Morgan fingerprint density at radius 2 is 0.892 bits per heavy atom. The Morgan fingerprint density at radius 3 is 1.27 bits per heavy atom. The molecule has 0 aliphatic carbocycles. The van der Waals surface area contributed by atoms with Crippen molar-refractivity contribution in [2.24, 2.45) is 10.2 Å². The predicted octanol–water partition coefficient (Wildman–Crippen LogP) is 4.08. The number of nitrogens with zero attached hydrogens (tertiary/aromatic N) is 4. The second-order valence-corrected chi connectivity index (χ2v) is 8.05. The average molecular weight is 491 g/mol. The summed E-state index contributed by atoms with van der Waals surface area (Å²) in [6.07, 6.45) is 7.35. The largest absolute Gasteiger partial charge is 0.273 e. The van der Waals surface area contributed by atoms with Gasteiger partial charge in [0.1, 0.15) is 0 Å². The van der Waals surface area contributed by atoms with Crippen LogP contribution in [0.4, 0.5) is 0 Å². The molecule has 4 aromatic rings. The molecule has 0 radical (unpaired) electrons. The van der Waals surface area contributed by atoms with Crippen LogP contribution in [0.15, 0.2) is 120 Å². The molecule has 0 saturated heterocycles. The van der Waals surface area contributed by atoms with Crippen LogP contribution in [0, 0.1) is 0 Å². The number of carbonyl (C=O) groups excluding carboxylic acids is 2. The Hall–Kier alpha value is -4.98. The van der Waals surface area contributed by atoms with Crippen LogP contribution in [0.25, 0.3) is 0 Å². The summed E-state index contributed by atoms with van der Waals surface area (Å²) in [5.74, 6) is -0.555. The first-order chi connectivity index (χ1) is 18.2. The van der Waals surface area contributed by atoms with Crippen molar-refractivity contribution < 1.29 is 9.59 Å². The average Bonchev–Trinajstić information content (AvgIpc) is 2.95. The number of pyridine rings is 2. The van der Waals surface area contributed by atoms with E-state index in [2.05, 4.69) is 31.0 Å². The lowest BCUT2D eigenvalue weighted by atomic mass is 10.0. The van der Waals surface area contributed by atoms with Gasteiger partial charge in [-0.15, -0.1) is 0 Å². The van der Waals surface area contributed by atoms with Gasteiger partial charge in [-0.1, -0.05) is 60.7 Å². The first-order valence-electron chi connectivity index (χ1n) is 11.9. The molecular formula is C29H26N6O2. The fraction of sp³-hybridized carbons (Fsp3) is 0.103. The number of hydrogen-bond acceptors (Lipinski definition) is 6. The number of amides is 2. The number of hydrogen-bond donors (Lipinski definition) is 2. The summed E-state index contributed by atoms with van der Waals surface area (Å²) in [4.78, 5) is 32.9. The minimum absolute atomic E-state index is 0.148. The first-order valence-corrected chi connectivity index (χ1v) is 11.9. The lowest BCUT2D eigenvalue weighted by molar-refractivity contribution is -0.122. The molecule has 0 unspecified atom stereocenters. The van der Waals surface area contributed by atoms with Gasteiger partial charge in [0.15, 0.2) is 0 Å². The molecule has 0 atom stereocenters. The van der Waals surface area contributed by atoms with E-state index in [9.17, 15) is 9.59 Å². The zero-order valence-corrected chi connectivity index (χ0v) is 20.1. The van der Waals surface area contributed by atoms with Crippen molar-refractivity contribution in [3.05, 3.63) is 132 Å². The molecule has 0 aliphatic heterocycles. The van der Waals surface area contributed by atoms with E-state index in [4.69, 9.17) is 0 Å². The number of rotatable bonds is 10. The zero-order valence-electron chi connectivity index (χ0n) is 20.1. The topological polar surface area (TPSA) is 109 Å². The van der Waals surface area contributed by atoms with Crippen molar-refractivity contribution >= 4 is 23.2 Å². The Bertz CT molecular complexity index is 1170. The highest BCUT2D eigenvalue weighted by molar-refractivity contribution is 6.13.